The summed E-state index contributed by atoms with van der Waals surface area (Å²) < 4.78 is 33.8. The Bertz CT molecular complexity index is 2960. The van der Waals surface area contributed by atoms with Crippen LogP contribution in [0.25, 0.3) is 0 Å². The Labute approximate surface area is 417 Å². The van der Waals surface area contributed by atoms with E-state index >= 15 is 0 Å². The summed E-state index contributed by atoms with van der Waals surface area (Å²) in [7, 11) is -19.5. The van der Waals surface area contributed by atoms with Crippen molar-refractivity contribution in [3.05, 3.63) is 303 Å². The zero-order chi connectivity index (χ0) is 47.5. The van der Waals surface area contributed by atoms with Crippen LogP contribution in [0, 0.1) is 0 Å². The van der Waals surface area contributed by atoms with Crippen molar-refractivity contribution < 1.29 is 21.3 Å². The molecular weight excluding hydrogens is 941 g/mol. The van der Waals surface area contributed by atoms with Gasteiger partial charge in [-0.15, -0.1) is 0 Å². The Hall–Kier alpha value is -6.92. The fourth-order valence-electron chi connectivity index (χ4n) is 9.21. The molecule has 0 fully saturated rings. The summed E-state index contributed by atoms with van der Waals surface area (Å²) in [6.07, 6.45) is 0. The van der Waals surface area contributed by atoms with Crippen LogP contribution in [0.3, 0.4) is 0 Å². The highest BCUT2D eigenvalue weighted by molar-refractivity contribution is 7.12. The molecular formula is C60H52O5Si5. The number of benzene rings is 10. The van der Waals surface area contributed by atoms with Crippen molar-refractivity contribution in [2.45, 2.75) is 0 Å². The van der Waals surface area contributed by atoms with Gasteiger partial charge in [-0.25, -0.2) is 0 Å². The molecule has 342 valence electrons. The first-order valence-corrected chi connectivity index (χ1v) is 32.5. The van der Waals surface area contributed by atoms with Crippen LogP contribution in [0.4, 0.5) is 0 Å². The molecule has 0 aliphatic carbocycles. The van der Waals surface area contributed by atoms with E-state index in [-0.39, 0.29) is 0 Å². The SMILES string of the molecule is O[Si](O[Si](O[Si](O[Si](O[SiH](c1ccccc1)c1ccccc1)(c1ccccc1)c1ccccc1)(c1ccccc1)c1ccccc1)(c1ccccc1)c1ccccc1)(c1ccccc1)c1ccccc1. The number of hydrogen-bond acceptors (Lipinski definition) is 5. The second-order valence-electron chi connectivity index (χ2n) is 17.0. The fraction of sp³-hybridized carbons (Fsp3) is 0. The minimum Gasteiger partial charge on any atom is -0.424 e. The molecule has 10 heteroatoms. The Balaban J connectivity index is 1.33. The third kappa shape index (κ3) is 9.53. The minimum absolute atomic E-state index is 0.696. The predicted molar refractivity (Wildman–Crippen MR) is 297 cm³/mol. The maximum absolute atomic E-state index is 13.9. The van der Waals surface area contributed by atoms with Crippen LogP contribution in [-0.2, 0) is 16.5 Å². The van der Waals surface area contributed by atoms with Crippen molar-refractivity contribution in [2.24, 2.45) is 0 Å². The molecule has 70 heavy (non-hydrogen) atoms. The van der Waals surface area contributed by atoms with E-state index in [9.17, 15) is 4.80 Å². The predicted octanol–water partition coefficient (Wildman–Crippen LogP) is 5.61. The maximum Gasteiger partial charge on any atom is 0.396 e. The number of rotatable bonds is 18. The van der Waals surface area contributed by atoms with Crippen molar-refractivity contribution in [1.29, 1.82) is 0 Å². The van der Waals surface area contributed by atoms with Gasteiger partial charge in [-0.05, 0) is 51.9 Å². The molecule has 0 unspecified atom stereocenters. The summed E-state index contributed by atoms with van der Waals surface area (Å²) in [6.45, 7) is 0. The molecule has 1 N–H and O–H groups in total. The molecule has 0 aromatic heterocycles. The lowest BCUT2D eigenvalue weighted by Crippen LogP contribution is -2.83. The topological polar surface area (TPSA) is 57.2 Å². The van der Waals surface area contributed by atoms with Gasteiger partial charge >= 0.3 is 34.2 Å². The van der Waals surface area contributed by atoms with Crippen LogP contribution in [0.5, 0.6) is 0 Å². The van der Waals surface area contributed by atoms with E-state index in [1.54, 1.807) is 0 Å². The average Bonchev–Trinajstić information content (AvgIpc) is 3.46. The van der Waals surface area contributed by atoms with Gasteiger partial charge in [0.25, 0.3) is 0 Å². The van der Waals surface area contributed by atoms with Crippen LogP contribution in [0.2, 0.25) is 0 Å². The molecule has 10 aromatic carbocycles. The first-order chi connectivity index (χ1) is 34.5. The van der Waals surface area contributed by atoms with Gasteiger partial charge in [0.1, 0.15) is 0 Å². The zero-order valence-electron chi connectivity index (χ0n) is 38.5. The second kappa shape index (κ2) is 21.4. The van der Waals surface area contributed by atoms with Crippen molar-refractivity contribution in [1.82, 2.24) is 0 Å². The molecule has 0 amide bonds. The summed E-state index contributed by atoms with van der Waals surface area (Å²) in [5, 5.41) is 8.87. The Morgan fingerprint density at radius 1 is 0.229 bits per heavy atom. The Morgan fingerprint density at radius 3 is 0.700 bits per heavy atom. The third-order valence-electron chi connectivity index (χ3n) is 12.6. The van der Waals surface area contributed by atoms with E-state index in [1.807, 2.05) is 121 Å². The van der Waals surface area contributed by atoms with Crippen LogP contribution in [-0.4, -0.2) is 48.1 Å². The van der Waals surface area contributed by atoms with Gasteiger partial charge in [0.2, 0.25) is 9.04 Å². The summed E-state index contributed by atoms with van der Waals surface area (Å²) in [5.74, 6) is 0. The molecule has 0 spiro atoms. The summed E-state index contributed by atoms with van der Waals surface area (Å²) in [5.41, 5.74) is 0. The molecule has 0 aliphatic rings. The van der Waals surface area contributed by atoms with Crippen molar-refractivity contribution in [3.63, 3.8) is 0 Å². The maximum atomic E-state index is 13.9. The first-order valence-electron chi connectivity index (χ1n) is 23.6. The molecule has 10 rings (SSSR count). The van der Waals surface area contributed by atoms with E-state index in [0.717, 1.165) is 41.5 Å². The van der Waals surface area contributed by atoms with E-state index in [2.05, 4.69) is 182 Å². The first kappa shape index (κ1) is 46.8. The normalized spacial score (nSPS) is 12.1. The minimum atomic E-state index is -4.31. The highest BCUT2D eigenvalue weighted by Gasteiger charge is 2.62. The van der Waals surface area contributed by atoms with E-state index in [1.165, 1.54) is 0 Å². The zero-order valence-corrected chi connectivity index (χ0v) is 43.7. The molecule has 0 atom stereocenters. The Kier molecular flexibility index (Phi) is 14.3. The smallest absolute Gasteiger partial charge is 0.396 e. The van der Waals surface area contributed by atoms with Gasteiger partial charge < -0.3 is 21.3 Å². The van der Waals surface area contributed by atoms with E-state index < -0.39 is 43.3 Å². The molecule has 0 saturated heterocycles. The van der Waals surface area contributed by atoms with Crippen molar-refractivity contribution in [3.8, 4) is 0 Å². The van der Waals surface area contributed by atoms with Gasteiger partial charge in [0.05, 0.1) is 0 Å². The van der Waals surface area contributed by atoms with Crippen molar-refractivity contribution in [2.75, 3.05) is 0 Å². The molecule has 10 aromatic rings. The molecule has 0 bridgehead atoms. The lowest BCUT2D eigenvalue weighted by molar-refractivity contribution is 0.310. The molecule has 0 radical (unpaired) electrons. The standard InChI is InChI=1S/C60H52O5Si5/c61-67(53-35-15-3-16-36-53,54-37-17-4-18-38-54)63-69(57-43-23-7-24-44-57,58-45-25-8-26-46-58)65-70(59-47-27-9-28-48-59,60-49-29-10-30-50-60)64-68(55-39-19-5-20-40-55,56-41-21-6-22-42-56)62-66(51-31-11-1-12-32-51)52-33-13-2-14-34-52/h1-50,61,66H. The van der Waals surface area contributed by atoms with Crippen molar-refractivity contribution >= 4 is 95.2 Å². The van der Waals surface area contributed by atoms with E-state index in [4.69, 9.17) is 16.5 Å². The molecule has 0 aliphatic heterocycles. The van der Waals surface area contributed by atoms with Gasteiger partial charge in [0.15, 0.2) is 0 Å². The summed E-state index contributed by atoms with van der Waals surface area (Å²) >= 11 is 0. The average molecular weight is 994 g/mol. The third-order valence-corrected chi connectivity index (χ3v) is 32.6. The Morgan fingerprint density at radius 2 is 0.429 bits per heavy atom. The highest BCUT2D eigenvalue weighted by atomic mass is 28.5. The summed E-state index contributed by atoms with van der Waals surface area (Å²) in [4.78, 5) is 13.9. The molecule has 5 nitrogen and oxygen atoms in total. The molecule has 0 saturated carbocycles. The van der Waals surface area contributed by atoms with Gasteiger partial charge in [0, 0.05) is 0 Å². The summed E-state index contributed by atoms with van der Waals surface area (Å²) in [6, 6.07) is 103. The van der Waals surface area contributed by atoms with Gasteiger partial charge in [-0.2, -0.15) is 0 Å². The fourth-order valence-corrected chi connectivity index (χ4v) is 32.9. The highest BCUT2D eigenvalue weighted by Crippen LogP contribution is 2.27. The lowest BCUT2D eigenvalue weighted by Gasteiger charge is -2.48. The number of hydrogen-bond donors (Lipinski definition) is 1. The van der Waals surface area contributed by atoms with Gasteiger partial charge in [-0.3, -0.25) is 0 Å². The lowest BCUT2D eigenvalue weighted by atomic mass is 10.4. The quantitative estimate of drug-likeness (QED) is 0.114. The second-order valence-corrected chi connectivity index (χ2v) is 32.1. The molecule has 0 heterocycles. The van der Waals surface area contributed by atoms with Crippen LogP contribution >= 0.6 is 0 Å². The monoisotopic (exact) mass is 992 g/mol. The van der Waals surface area contributed by atoms with Crippen LogP contribution in [0.1, 0.15) is 0 Å². The van der Waals surface area contributed by atoms with Crippen LogP contribution < -0.4 is 51.9 Å². The van der Waals surface area contributed by atoms with Crippen LogP contribution in [0.15, 0.2) is 303 Å². The largest absolute Gasteiger partial charge is 0.424 e. The van der Waals surface area contributed by atoms with E-state index in [0.29, 0.717) is 10.4 Å². The van der Waals surface area contributed by atoms with Gasteiger partial charge in [-0.1, -0.05) is 303 Å².